The van der Waals surface area contributed by atoms with Crippen molar-refractivity contribution in [2.45, 2.75) is 25.4 Å². The molecule has 5 nitrogen and oxygen atoms in total. The molecule has 0 aliphatic carbocycles. The van der Waals surface area contributed by atoms with E-state index in [1.54, 1.807) is 72.8 Å². The molecule has 0 radical (unpaired) electrons. The van der Waals surface area contributed by atoms with Gasteiger partial charge in [-0.15, -0.1) is 0 Å². The number of hydrogen-bond acceptors (Lipinski definition) is 3. The summed E-state index contributed by atoms with van der Waals surface area (Å²) in [6, 6.07) is 25.5. The molecule has 0 saturated carbocycles. The Bertz CT molecular complexity index is 1520. The number of aromatic carboxylic acids is 2. The predicted octanol–water partition coefficient (Wildman–Crippen LogP) is 8.48. The average Bonchev–Trinajstić information content (AvgIpc) is 2.95. The van der Waals surface area contributed by atoms with Crippen LogP contribution in [0.5, 0.6) is 5.75 Å². The molecule has 210 valence electrons. The molecule has 0 aromatic heterocycles. The minimum atomic E-state index is -3.54. The van der Waals surface area contributed by atoms with Crippen LogP contribution in [0, 0.1) is 5.92 Å². The predicted molar refractivity (Wildman–Crippen MR) is 156 cm³/mol. The molecule has 4 aromatic rings. The molecule has 0 amide bonds. The quantitative estimate of drug-likeness (QED) is 0.166. The molecule has 0 saturated heterocycles. The highest BCUT2D eigenvalue weighted by Crippen LogP contribution is 2.34. The van der Waals surface area contributed by atoms with E-state index in [-0.39, 0.29) is 28.4 Å². The van der Waals surface area contributed by atoms with E-state index in [4.69, 9.17) is 9.84 Å². The number of aryl methyl sites for hydroxylation is 1. The molecular formula is C33H27BrF2O5. The second-order valence-corrected chi connectivity index (χ2v) is 10.4. The van der Waals surface area contributed by atoms with E-state index in [1.165, 1.54) is 30.3 Å². The Hall–Kier alpha value is -4.30. The highest BCUT2D eigenvalue weighted by atomic mass is 79.9. The number of alkyl halides is 2. The zero-order valence-corrected chi connectivity index (χ0v) is 23.4. The molecule has 1 atom stereocenters. The highest BCUT2D eigenvalue weighted by Gasteiger charge is 2.35. The average molecular weight is 621 g/mol. The third kappa shape index (κ3) is 8.35. The van der Waals surface area contributed by atoms with Crippen molar-refractivity contribution in [2.24, 2.45) is 5.92 Å². The van der Waals surface area contributed by atoms with E-state index in [2.05, 4.69) is 15.9 Å². The van der Waals surface area contributed by atoms with Gasteiger partial charge in [0, 0.05) is 10.0 Å². The second-order valence-electron chi connectivity index (χ2n) is 9.53. The third-order valence-corrected chi connectivity index (χ3v) is 7.12. The van der Waals surface area contributed by atoms with Crippen LogP contribution >= 0.6 is 15.9 Å². The lowest BCUT2D eigenvalue weighted by molar-refractivity contribution is -0.185. The molecule has 0 fully saturated rings. The van der Waals surface area contributed by atoms with Crippen LogP contribution < -0.4 is 4.74 Å². The van der Waals surface area contributed by atoms with E-state index in [9.17, 15) is 23.5 Å². The van der Waals surface area contributed by atoms with Crippen LogP contribution in [0.2, 0.25) is 0 Å². The van der Waals surface area contributed by atoms with Crippen LogP contribution in [0.4, 0.5) is 8.78 Å². The van der Waals surface area contributed by atoms with Gasteiger partial charge in [0.05, 0.1) is 16.7 Å². The van der Waals surface area contributed by atoms with Crippen molar-refractivity contribution >= 4 is 33.9 Å². The van der Waals surface area contributed by atoms with Gasteiger partial charge in [-0.3, -0.25) is 0 Å². The van der Waals surface area contributed by atoms with Crippen molar-refractivity contribution in [3.8, 4) is 5.75 Å². The number of para-hydroxylation sites is 1. The standard InChI is InChI=1S/C33H27BrF2O5/c34-29-19-17-28(18-20-29)33(35,36)41-30-4-2-1-3-25(30)12-9-23(21-24-10-15-27(16-11-24)32(39)40)6-5-22-7-13-26(14-8-22)31(37)38/h1-4,7-20,23H,5-6,21H2,(H,37,38)(H,39,40)/b12-9+. The molecule has 1 unspecified atom stereocenters. The Balaban J connectivity index is 1.55. The molecule has 0 aliphatic rings. The van der Waals surface area contributed by atoms with Crippen LogP contribution in [0.1, 0.15) is 49.4 Å². The smallest absolute Gasteiger partial charge is 0.426 e. The topological polar surface area (TPSA) is 83.8 Å². The number of hydrogen-bond donors (Lipinski definition) is 2. The van der Waals surface area contributed by atoms with E-state index in [0.29, 0.717) is 29.3 Å². The van der Waals surface area contributed by atoms with Crippen molar-refractivity contribution in [1.82, 2.24) is 0 Å². The van der Waals surface area contributed by atoms with E-state index in [0.717, 1.165) is 11.1 Å². The van der Waals surface area contributed by atoms with E-state index >= 15 is 0 Å². The third-order valence-electron chi connectivity index (χ3n) is 6.59. The Kier molecular flexibility index (Phi) is 9.68. The van der Waals surface area contributed by atoms with Gasteiger partial charge in [-0.05, 0) is 90.9 Å². The lowest BCUT2D eigenvalue weighted by Crippen LogP contribution is -2.22. The maximum absolute atomic E-state index is 15.0. The molecule has 41 heavy (non-hydrogen) atoms. The summed E-state index contributed by atoms with van der Waals surface area (Å²) in [5.74, 6) is -2.00. The van der Waals surface area contributed by atoms with Crippen LogP contribution in [-0.4, -0.2) is 22.2 Å². The molecule has 8 heteroatoms. The second kappa shape index (κ2) is 13.4. The minimum absolute atomic E-state index is 0.0329. The Labute approximate surface area is 244 Å². The van der Waals surface area contributed by atoms with Crippen molar-refractivity contribution in [3.05, 3.63) is 141 Å². The van der Waals surface area contributed by atoms with Gasteiger partial charge in [0.1, 0.15) is 5.75 Å². The lowest BCUT2D eigenvalue weighted by Gasteiger charge is -2.20. The summed E-state index contributed by atoms with van der Waals surface area (Å²) in [6.07, 6.45) is 2.08. The maximum Gasteiger partial charge on any atom is 0.426 e. The van der Waals surface area contributed by atoms with Gasteiger partial charge in [0.2, 0.25) is 0 Å². The molecule has 0 bridgehead atoms. The first-order valence-electron chi connectivity index (χ1n) is 12.9. The largest absolute Gasteiger partial charge is 0.478 e. The number of carboxylic acid groups (broad SMARTS) is 2. The number of ether oxygens (including phenoxy) is 1. The monoisotopic (exact) mass is 620 g/mol. The zero-order chi connectivity index (χ0) is 29.4. The molecule has 0 aliphatic heterocycles. The van der Waals surface area contributed by atoms with Gasteiger partial charge < -0.3 is 14.9 Å². The van der Waals surface area contributed by atoms with Crippen LogP contribution in [0.3, 0.4) is 0 Å². The summed E-state index contributed by atoms with van der Waals surface area (Å²) in [6.45, 7) is 0. The fourth-order valence-electron chi connectivity index (χ4n) is 4.31. The number of carboxylic acids is 2. The maximum atomic E-state index is 15.0. The summed E-state index contributed by atoms with van der Waals surface area (Å²) in [4.78, 5) is 22.4. The number of halogens is 3. The van der Waals surface area contributed by atoms with Crippen LogP contribution in [-0.2, 0) is 19.0 Å². The Morgan fingerprint density at radius 3 is 1.95 bits per heavy atom. The van der Waals surface area contributed by atoms with Gasteiger partial charge in [-0.1, -0.05) is 70.5 Å². The number of carbonyl (C=O) groups is 2. The fraction of sp³-hybridized carbons (Fsp3) is 0.152. The molecular weight excluding hydrogens is 594 g/mol. The SMILES string of the molecule is O=C(O)c1ccc(CCC(/C=C/c2ccccc2OC(F)(F)c2ccc(Br)cc2)Cc2ccc(C(=O)O)cc2)cc1. The van der Waals surface area contributed by atoms with Gasteiger partial charge in [0.15, 0.2) is 0 Å². The van der Waals surface area contributed by atoms with Gasteiger partial charge in [0.25, 0.3) is 0 Å². The van der Waals surface area contributed by atoms with E-state index in [1.807, 2.05) is 6.08 Å². The Morgan fingerprint density at radius 1 is 0.805 bits per heavy atom. The molecule has 0 heterocycles. The molecule has 4 aromatic carbocycles. The summed E-state index contributed by atoms with van der Waals surface area (Å²) < 4.78 is 35.8. The molecule has 0 spiro atoms. The van der Waals surface area contributed by atoms with Gasteiger partial charge >= 0.3 is 18.0 Å². The number of benzene rings is 4. The first-order valence-corrected chi connectivity index (χ1v) is 13.6. The van der Waals surface area contributed by atoms with E-state index < -0.39 is 18.0 Å². The normalized spacial score (nSPS) is 12.3. The highest BCUT2D eigenvalue weighted by molar-refractivity contribution is 9.10. The zero-order valence-electron chi connectivity index (χ0n) is 21.8. The number of allylic oxidation sites excluding steroid dienone is 1. The van der Waals surface area contributed by atoms with Crippen molar-refractivity contribution < 1.29 is 33.3 Å². The minimum Gasteiger partial charge on any atom is -0.478 e. The van der Waals surface area contributed by atoms with Crippen molar-refractivity contribution in [2.75, 3.05) is 0 Å². The fourth-order valence-corrected chi connectivity index (χ4v) is 4.57. The molecule has 2 N–H and O–H groups in total. The lowest BCUT2D eigenvalue weighted by atomic mass is 9.91. The van der Waals surface area contributed by atoms with Crippen LogP contribution in [0.15, 0.2) is 108 Å². The van der Waals surface area contributed by atoms with Gasteiger partial charge in [-0.25, -0.2) is 9.59 Å². The molecule has 4 rings (SSSR count). The van der Waals surface area contributed by atoms with Crippen LogP contribution in [0.25, 0.3) is 6.08 Å². The van der Waals surface area contributed by atoms with Crippen molar-refractivity contribution in [3.63, 3.8) is 0 Å². The first kappa shape index (κ1) is 29.7. The summed E-state index contributed by atoms with van der Waals surface area (Å²) in [5, 5.41) is 18.4. The summed E-state index contributed by atoms with van der Waals surface area (Å²) in [7, 11) is 0. The van der Waals surface area contributed by atoms with Crippen molar-refractivity contribution in [1.29, 1.82) is 0 Å². The number of rotatable bonds is 12. The first-order chi connectivity index (χ1) is 19.6. The Morgan fingerprint density at radius 2 is 1.37 bits per heavy atom. The summed E-state index contributed by atoms with van der Waals surface area (Å²) in [5.41, 5.74) is 2.51. The summed E-state index contributed by atoms with van der Waals surface area (Å²) >= 11 is 3.25. The van der Waals surface area contributed by atoms with Gasteiger partial charge in [-0.2, -0.15) is 8.78 Å².